The van der Waals surface area contributed by atoms with E-state index in [-0.39, 0.29) is 11.3 Å². The summed E-state index contributed by atoms with van der Waals surface area (Å²) < 4.78 is 23.3. The molecule has 5 rings (SSSR count). The van der Waals surface area contributed by atoms with Gasteiger partial charge in [-0.3, -0.25) is 14.9 Å². The van der Waals surface area contributed by atoms with E-state index in [4.69, 9.17) is 4.74 Å². The molecule has 4 aromatic rings. The van der Waals surface area contributed by atoms with Crippen LogP contribution in [0.2, 0.25) is 0 Å². The number of hydrogen-bond donors (Lipinski definition) is 1. The van der Waals surface area contributed by atoms with Gasteiger partial charge in [-0.05, 0) is 85.6 Å². The van der Waals surface area contributed by atoms with Crippen molar-refractivity contribution in [3.05, 3.63) is 117 Å². The number of aromatic nitrogens is 1. The third-order valence-electron chi connectivity index (χ3n) is 6.38. The molecule has 1 saturated heterocycles. The second kappa shape index (κ2) is 10.7. The maximum absolute atomic E-state index is 14.4. The maximum Gasteiger partial charge on any atom is 0.336 e. The molecule has 1 N–H and O–H groups in total. The molecule has 3 aromatic carbocycles. The lowest BCUT2D eigenvalue weighted by atomic mass is 10.1. The van der Waals surface area contributed by atoms with Crippen molar-refractivity contribution >= 4 is 45.5 Å². The first-order valence-corrected chi connectivity index (χ1v) is 12.8. The summed E-state index contributed by atoms with van der Waals surface area (Å²) in [6.07, 6.45) is 1.42. The Hall–Kier alpha value is -4.50. The Morgan fingerprint density at radius 1 is 0.949 bits per heavy atom. The molecule has 4 amide bonds. The summed E-state index contributed by atoms with van der Waals surface area (Å²) in [6.45, 7) is 4.21. The van der Waals surface area contributed by atoms with Crippen molar-refractivity contribution in [1.82, 2.24) is 9.88 Å². The highest BCUT2D eigenvalue weighted by molar-refractivity contribution is 9.10. The molecule has 0 spiro atoms. The summed E-state index contributed by atoms with van der Waals surface area (Å²) in [5.41, 5.74) is 3.68. The molecule has 1 aliphatic heterocycles. The predicted octanol–water partition coefficient (Wildman–Crippen LogP) is 6.24. The monoisotopic (exact) mass is 587 g/mol. The number of hydrogen-bond acceptors (Lipinski definition) is 4. The number of halogens is 2. The van der Waals surface area contributed by atoms with E-state index in [1.807, 2.05) is 73.0 Å². The van der Waals surface area contributed by atoms with Gasteiger partial charge in [0.2, 0.25) is 0 Å². The number of imide groups is 2. The number of carbonyl (C=O) groups is 3. The highest BCUT2D eigenvalue weighted by Gasteiger charge is 2.38. The van der Waals surface area contributed by atoms with Crippen molar-refractivity contribution in [2.45, 2.75) is 20.5 Å². The van der Waals surface area contributed by atoms with E-state index in [2.05, 4.69) is 21.2 Å². The Bertz CT molecular complexity index is 1630. The van der Waals surface area contributed by atoms with Crippen molar-refractivity contribution in [3.63, 3.8) is 0 Å². The minimum absolute atomic E-state index is 0.230. The molecule has 7 nitrogen and oxygen atoms in total. The molecule has 9 heteroatoms. The lowest BCUT2D eigenvalue weighted by Gasteiger charge is -2.26. The molecule has 0 atom stereocenters. The zero-order valence-electron chi connectivity index (χ0n) is 21.1. The van der Waals surface area contributed by atoms with Gasteiger partial charge in [0.05, 0.1) is 5.69 Å². The van der Waals surface area contributed by atoms with Crippen LogP contribution in [0.5, 0.6) is 5.75 Å². The first kappa shape index (κ1) is 26.1. The van der Waals surface area contributed by atoms with Crippen molar-refractivity contribution < 1.29 is 23.5 Å². The van der Waals surface area contributed by atoms with Crippen LogP contribution in [0.15, 0.2) is 88.9 Å². The minimum atomic E-state index is -1.000. The van der Waals surface area contributed by atoms with Gasteiger partial charge in [0, 0.05) is 21.5 Å². The first-order valence-electron chi connectivity index (χ1n) is 12.1. The Morgan fingerprint density at radius 3 is 2.33 bits per heavy atom. The molecule has 0 saturated carbocycles. The number of barbiturate groups is 1. The van der Waals surface area contributed by atoms with Crippen molar-refractivity contribution in [2.75, 3.05) is 4.90 Å². The average Bonchev–Trinajstić information content (AvgIpc) is 3.20. The molecule has 0 radical (unpaired) electrons. The number of carbonyl (C=O) groups excluding carboxylic acids is 3. The summed E-state index contributed by atoms with van der Waals surface area (Å²) in [5, 5.41) is 2.13. The molecular weight excluding hydrogens is 565 g/mol. The Morgan fingerprint density at radius 2 is 1.64 bits per heavy atom. The molecule has 1 aliphatic rings. The zero-order valence-corrected chi connectivity index (χ0v) is 22.7. The second-order valence-electron chi connectivity index (χ2n) is 8.98. The second-order valence-corrected chi connectivity index (χ2v) is 9.90. The Balaban J connectivity index is 1.40. The van der Waals surface area contributed by atoms with E-state index < -0.39 is 23.7 Å². The minimum Gasteiger partial charge on any atom is -0.489 e. The molecule has 196 valence electrons. The Labute approximate surface area is 232 Å². The lowest BCUT2D eigenvalue weighted by molar-refractivity contribution is -0.122. The van der Waals surface area contributed by atoms with Crippen LogP contribution in [0.25, 0.3) is 11.8 Å². The molecule has 2 heterocycles. The lowest BCUT2D eigenvalue weighted by Crippen LogP contribution is -2.54. The Kier molecular flexibility index (Phi) is 7.17. The summed E-state index contributed by atoms with van der Waals surface area (Å²) >= 11 is 3.42. The number of anilines is 1. The number of ether oxygens (including phenoxy) is 1. The smallest absolute Gasteiger partial charge is 0.336 e. The number of urea groups is 1. The fraction of sp³-hybridized carbons (Fsp3) is 0.100. The summed E-state index contributed by atoms with van der Waals surface area (Å²) in [6, 6.07) is 21.7. The SMILES string of the molecule is Cc1cc(/C=C2\C(=O)NC(=O)N(c3ccccc3F)C2=O)c(C)n1-c1ccc(OCc2ccc(Br)cc2)cc1. The van der Waals surface area contributed by atoms with Gasteiger partial charge in [-0.1, -0.05) is 40.2 Å². The molecule has 1 aromatic heterocycles. The van der Waals surface area contributed by atoms with Crippen LogP contribution in [-0.4, -0.2) is 22.4 Å². The van der Waals surface area contributed by atoms with Gasteiger partial charge in [-0.15, -0.1) is 0 Å². The first-order chi connectivity index (χ1) is 18.7. The van der Waals surface area contributed by atoms with Gasteiger partial charge in [0.25, 0.3) is 11.8 Å². The van der Waals surface area contributed by atoms with E-state index in [0.717, 1.165) is 33.2 Å². The number of nitrogens with one attached hydrogen (secondary N) is 1. The highest BCUT2D eigenvalue weighted by Crippen LogP contribution is 2.28. The van der Waals surface area contributed by atoms with E-state index >= 15 is 0 Å². The van der Waals surface area contributed by atoms with Crippen LogP contribution in [0, 0.1) is 19.7 Å². The van der Waals surface area contributed by atoms with Crippen molar-refractivity contribution in [1.29, 1.82) is 0 Å². The summed E-state index contributed by atoms with van der Waals surface area (Å²) in [7, 11) is 0. The highest BCUT2D eigenvalue weighted by atomic mass is 79.9. The van der Waals surface area contributed by atoms with Gasteiger partial charge in [0.1, 0.15) is 23.7 Å². The van der Waals surface area contributed by atoms with Crippen LogP contribution >= 0.6 is 15.9 Å². The van der Waals surface area contributed by atoms with Crippen molar-refractivity contribution in [3.8, 4) is 11.4 Å². The van der Waals surface area contributed by atoms with Crippen LogP contribution < -0.4 is 15.0 Å². The number of aryl methyl sites for hydroxylation is 1. The average molecular weight is 588 g/mol. The maximum atomic E-state index is 14.4. The van der Waals surface area contributed by atoms with Gasteiger partial charge in [-0.2, -0.15) is 0 Å². The van der Waals surface area contributed by atoms with E-state index in [1.165, 1.54) is 24.3 Å². The third-order valence-corrected chi connectivity index (χ3v) is 6.91. The molecule has 0 aliphatic carbocycles. The van der Waals surface area contributed by atoms with Gasteiger partial charge in [-0.25, -0.2) is 14.1 Å². The standard InChI is InChI=1S/C30H23BrFN3O4/c1-18-15-21(16-25-28(36)33-30(38)35(29(25)37)27-6-4-3-5-26(27)32)19(2)34(18)23-11-13-24(14-12-23)39-17-20-7-9-22(31)10-8-20/h3-16H,17H2,1-2H3,(H,33,36,38)/b25-16+. The van der Waals surface area contributed by atoms with E-state index in [0.29, 0.717) is 22.8 Å². The molecule has 39 heavy (non-hydrogen) atoms. The predicted molar refractivity (Wildman–Crippen MR) is 149 cm³/mol. The van der Waals surface area contributed by atoms with Gasteiger partial charge in [0.15, 0.2) is 0 Å². The van der Waals surface area contributed by atoms with Crippen LogP contribution in [-0.2, 0) is 16.2 Å². The number of amides is 4. The number of nitrogens with zero attached hydrogens (tertiary/aromatic N) is 2. The summed E-state index contributed by atoms with van der Waals surface area (Å²) in [5.74, 6) is -1.77. The topological polar surface area (TPSA) is 80.6 Å². The normalized spacial score (nSPS) is 14.6. The van der Waals surface area contributed by atoms with Gasteiger partial charge >= 0.3 is 6.03 Å². The van der Waals surface area contributed by atoms with Crippen LogP contribution in [0.4, 0.5) is 14.9 Å². The summed E-state index contributed by atoms with van der Waals surface area (Å²) in [4.78, 5) is 38.8. The number of para-hydroxylation sites is 1. The number of rotatable bonds is 6. The van der Waals surface area contributed by atoms with E-state index in [1.54, 1.807) is 0 Å². The van der Waals surface area contributed by atoms with Gasteiger partial charge < -0.3 is 9.30 Å². The zero-order chi connectivity index (χ0) is 27.7. The molecule has 0 bridgehead atoms. The van der Waals surface area contributed by atoms with Crippen LogP contribution in [0.1, 0.15) is 22.5 Å². The van der Waals surface area contributed by atoms with Crippen molar-refractivity contribution in [2.24, 2.45) is 0 Å². The number of benzene rings is 3. The fourth-order valence-electron chi connectivity index (χ4n) is 4.43. The fourth-order valence-corrected chi connectivity index (χ4v) is 4.70. The third kappa shape index (κ3) is 5.26. The largest absolute Gasteiger partial charge is 0.489 e. The molecule has 1 fully saturated rings. The van der Waals surface area contributed by atoms with Crippen LogP contribution in [0.3, 0.4) is 0 Å². The van der Waals surface area contributed by atoms with E-state index in [9.17, 15) is 18.8 Å². The molecule has 0 unspecified atom stereocenters. The molecular formula is C30H23BrFN3O4. The quantitative estimate of drug-likeness (QED) is 0.214.